The SMILES string of the molecule is C=C(Br)CN1C[C@@H](O)CC[C@@H]1C. The van der Waals surface area contributed by atoms with Crippen LogP contribution in [0.4, 0.5) is 0 Å². The lowest BCUT2D eigenvalue weighted by Crippen LogP contribution is -2.44. The fourth-order valence-corrected chi connectivity index (χ4v) is 1.92. The summed E-state index contributed by atoms with van der Waals surface area (Å²) in [6.07, 6.45) is 1.88. The highest BCUT2D eigenvalue weighted by Gasteiger charge is 2.23. The smallest absolute Gasteiger partial charge is 0.0668 e. The normalized spacial score (nSPS) is 31.9. The molecule has 1 aliphatic rings. The second kappa shape index (κ2) is 4.40. The van der Waals surface area contributed by atoms with Gasteiger partial charge in [-0.05, 0) is 19.8 Å². The Morgan fingerprint density at radius 1 is 1.67 bits per heavy atom. The Balaban J connectivity index is 2.43. The Morgan fingerprint density at radius 2 is 2.33 bits per heavy atom. The Morgan fingerprint density at radius 3 is 2.92 bits per heavy atom. The van der Waals surface area contributed by atoms with E-state index in [1.807, 2.05) is 0 Å². The highest BCUT2D eigenvalue weighted by Crippen LogP contribution is 2.18. The second-order valence-corrected chi connectivity index (χ2v) is 4.65. The predicted molar refractivity (Wildman–Crippen MR) is 54.3 cm³/mol. The van der Waals surface area contributed by atoms with Gasteiger partial charge < -0.3 is 5.11 Å². The van der Waals surface area contributed by atoms with E-state index in [1.165, 1.54) is 0 Å². The van der Waals surface area contributed by atoms with E-state index in [0.717, 1.165) is 30.4 Å². The number of likely N-dealkylation sites (tertiary alicyclic amines) is 1. The molecule has 0 unspecified atom stereocenters. The number of aliphatic hydroxyl groups is 1. The van der Waals surface area contributed by atoms with Crippen LogP contribution in [0, 0.1) is 0 Å². The van der Waals surface area contributed by atoms with Gasteiger partial charge >= 0.3 is 0 Å². The molecule has 0 spiro atoms. The first-order valence-corrected chi connectivity index (χ1v) is 5.14. The van der Waals surface area contributed by atoms with Gasteiger partial charge in [-0.2, -0.15) is 0 Å². The highest BCUT2D eigenvalue weighted by molar-refractivity contribution is 9.11. The van der Waals surface area contributed by atoms with Crippen molar-refractivity contribution in [1.82, 2.24) is 4.90 Å². The van der Waals surface area contributed by atoms with E-state index in [2.05, 4.69) is 34.3 Å². The van der Waals surface area contributed by atoms with Crippen molar-refractivity contribution in [3.8, 4) is 0 Å². The largest absolute Gasteiger partial charge is 0.392 e. The van der Waals surface area contributed by atoms with Crippen molar-refractivity contribution in [2.75, 3.05) is 13.1 Å². The van der Waals surface area contributed by atoms with Gasteiger partial charge in [0.25, 0.3) is 0 Å². The minimum Gasteiger partial charge on any atom is -0.392 e. The molecule has 70 valence electrons. The molecule has 1 N–H and O–H groups in total. The molecule has 0 aromatic heterocycles. The number of piperidine rings is 1. The molecular formula is C9H16BrNO. The second-order valence-electron chi connectivity index (χ2n) is 3.53. The summed E-state index contributed by atoms with van der Waals surface area (Å²) in [5, 5.41) is 9.42. The molecule has 1 aliphatic heterocycles. The van der Waals surface area contributed by atoms with Crippen molar-refractivity contribution in [3.05, 3.63) is 11.1 Å². The zero-order valence-electron chi connectivity index (χ0n) is 7.46. The number of rotatable bonds is 2. The van der Waals surface area contributed by atoms with Crippen LogP contribution in [0.2, 0.25) is 0 Å². The predicted octanol–water partition coefficient (Wildman–Crippen LogP) is 1.74. The van der Waals surface area contributed by atoms with Gasteiger partial charge in [0.15, 0.2) is 0 Å². The summed E-state index contributed by atoms with van der Waals surface area (Å²) in [6.45, 7) is 7.63. The van der Waals surface area contributed by atoms with Gasteiger partial charge in [-0.1, -0.05) is 22.5 Å². The molecule has 0 aliphatic carbocycles. The number of hydrogen-bond donors (Lipinski definition) is 1. The molecule has 0 aromatic rings. The third-order valence-corrected chi connectivity index (χ3v) is 2.61. The van der Waals surface area contributed by atoms with E-state index in [9.17, 15) is 5.11 Å². The standard InChI is InChI=1S/C9H16BrNO/c1-7(10)5-11-6-9(12)4-3-8(11)2/h8-9,12H,1,3-6H2,2H3/t8-,9-/m0/s1. The van der Waals surface area contributed by atoms with Crippen LogP contribution in [0.15, 0.2) is 11.1 Å². The van der Waals surface area contributed by atoms with Crippen LogP contribution in [0.5, 0.6) is 0 Å². The molecule has 0 bridgehead atoms. The molecule has 0 amide bonds. The average Bonchev–Trinajstić information content (AvgIpc) is 1.96. The molecule has 2 atom stereocenters. The topological polar surface area (TPSA) is 23.5 Å². The zero-order chi connectivity index (χ0) is 9.14. The minimum absolute atomic E-state index is 0.145. The summed E-state index contributed by atoms with van der Waals surface area (Å²) >= 11 is 3.34. The fourth-order valence-electron chi connectivity index (χ4n) is 1.60. The molecular weight excluding hydrogens is 218 g/mol. The summed E-state index contributed by atoms with van der Waals surface area (Å²) in [5.41, 5.74) is 0. The molecule has 2 nitrogen and oxygen atoms in total. The lowest BCUT2D eigenvalue weighted by molar-refractivity contribution is 0.0478. The molecule has 1 saturated heterocycles. The first kappa shape index (κ1) is 10.2. The molecule has 1 heterocycles. The molecule has 0 saturated carbocycles. The molecule has 0 radical (unpaired) electrons. The maximum absolute atomic E-state index is 9.42. The van der Waals surface area contributed by atoms with Gasteiger partial charge in [0, 0.05) is 23.6 Å². The van der Waals surface area contributed by atoms with Crippen molar-refractivity contribution in [2.24, 2.45) is 0 Å². The first-order chi connectivity index (χ1) is 5.59. The number of β-amino-alcohol motifs (C(OH)–C–C–N with tert-alkyl or cyclic N) is 1. The molecule has 3 heteroatoms. The number of halogens is 1. The van der Waals surface area contributed by atoms with Crippen molar-refractivity contribution in [1.29, 1.82) is 0 Å². The molecule has 1 fully saturated rings. The van der Waals surface area contributed by atoms with Crippen LogP contribution < -0.4 is 0 Å². The van der Waals surface area contributed by atoms with Gasteiger partial charge in [0.1, 0.15) is 0 Å². The van der Waals surface area contributed by atoms with Crippen LogP contribution in [-0.4, -0.2) is 35.2 Å². The van der Waals surface area contributed by atoms with Crippen LogP contribution in [-0.2, 0) is 0 Å². The Kier molecular flexibility index (Phi) is 3.75. The first-order valence-electron chi connectivity index (χ1n) is 4.35. The van der Waals surface area contributed by atoms with Crippen LogP contribution in [0.3, 0.4) is 0 Å². The van der Waals surface area contributed by atoms with Crippen LogP contribution in [0.25, 0.3) is 0 Å². The van der Waals surface area contributed by atoms with Crippen molar-refractivity contribution in [3.63, 3.8) is 0 Å². The van der Waals surface area contributed by atoms with Crippen molar-refractivity contribution in [2.45, 2.75) is 31.9 Å². The molecule has 1 rings (SSSR count). The number of hydrogen-bond acceptors (Lipinski definition) is 2. The Hall–Kier alpha value is 0.140. The summed E-state index contributed by atoms with van der Waals surface area (Å²) in [6, 6.07) is 0.572. The summed E-state index contributed by atoms with van der Waals surface area (Å²) in [7, 11) is 0. The van der Waals surface area contributed by atoms with E-state index in [-0.39, 0.29) is 6.10 Å². The van der Waals surface area contributed by atoms with Crippen molar-refractivity contribution >= 4 is 15.9 Å². The van der Waals surface area contributed by atoms with Gasteiger partial charge in [-0.25, -0.2) is 0 Å². The lowest BCUT2D eigenvalue weighted by atomic mass is 10.0. The monoisotopic (exact) mass is 233 g/mol. The van der Waals surface area contributed by atoms with Crippen LogP contribution in [0.1, 0.15) is 19.8 Å². The van der Waals surface area contributed by atoms with Gasteiger partial charge in [-0.3, -0.25) is 4.90 Å². The van der Waals surface area contributed by atoms with E-state index in [1.54, 1.807) is 0 Å². The summed E-state index contributed by atoms with van der Waals surface area (Å²) in [4.78, 5) is 2.26. The van der Waals surface area contributed by atoms with Crippen molar-refractivity contribution < 1.29 is 5.11 Å². The lowest BCUT2D eigenvalue weighted by Gasteiger charge is -2.35. The van der Waals surface area contributed by atoms with E-state index in [0.29, 0.717) is 6.04 Å². The van der Waals surface area contributed by atoms with E-state index in [4.69, 9.17) is 0 Å². The molecule has 0 aromatic carbocycles. The maximum atomic E-state index is 9.42. The fraction of sp³-hybridized carbons (Fsp3) is 0.778. The molecule has 12 heavy (non-hydrogen) atoms. The van der Waals surface area contributed by atoms with Gasteiger partial charge in [0.05, 0.1) is 6.10 Å². The van der Waals surface area contributed by atoms with Gasteiger partial charge in [0.2, 0.25) is 0 Å². The maximum Gasteiger partial charge on any atom is 0.0668 e. The number of aliphatic hydroxyl groups excluding tert-OH is 1. The average molecular weight is 234 g/mol. The van der Waals surface area contributed by atoms with E-state index < -0.39 is 0 Å². The Bertz CT molecular complexity index is 172. The summed E-state index contributed by atoms with van der Waals surface area (Å²) in [5.74, 6) is 0. The quantitative estimate of drug-likeness (QED) is 0.786. The third kappa shape index (κ3) is 2.88. The van der Waals surface area contributed by atoms with E-state index >= 15 is 0 Å². The highest BCUT2D eigenvalue weighted by atomic mass is 79.9. The summed E-state index contributed by atoms with van der Waals surface area (Å²) < 4.78 is 0.989. The zero-order valence-corrected chi connectivity index (χ0v) is 9.05. The number of nitrogens with zero attached hydrogens (tertiary/aromatic N) is 1. The van der Waals surface area contributed by atoms with Crippen LogP contribution >= 0.6 is 15.9 Å². The Labute approximate surface area is 82.4 Å². The minimum atomic E-state index is -0.145. The van der Waals surface area contributed by atoms with Gasteiger partial charge in [-0.15, -0.1) is 0 Å². The third-order valence-electron chi connectivity index (χ3n) is 2.36.